The first-order chi connectivity index (χ1) is 14.7. The topological polar surface area (TPSA) is 97.9 Å². The molecule has 1 unspecified atom stereocenters. The van der Waals surface area contributed by atoms with Gasteiger partial charge in [0.1, 0.15) is 11.9 Å². The van der Waals surface area contributed by atoms with E-state index >= 15 is 0 Å². The highest BCUT2D eigenvalue weighted by Gasteiger charge is 2.41. The summed E-state index contributed by atoms with van der Waals surface area (Å²) in [5, 5.41) is 12.3. The normalized spacial score (nSPS) is 16.8. The molecule has 30 heavy (non-hydrogen) atoms. The molecule has 0 saturated heterocycles. The molecular weight excluding hydrogens is 398 g/mol. The molecule has 2 aliphatic heterocycles. The Kier molecular flexibility index (Phi) is 5.91. The molecule has 2 aromatic carbocycles. The van der Waals surface area contributed by atoms with Crippen LogP contribution in [0.3, 0.4) is 0 Å². The lowest BCUT2D eigenvalue weighted by Gasteiger charge is -2.25. The molecule has 2 amide bonds. The lowest BCUT2D eigenvalue weighted by atomic mass is 10.1. The van der Waals surface area contributed by atoms with E-state index < -0.39 is 6.04 Å². The van der Waals surface area contributed by atoms with Gasteiger partial charge in [0.25, 0.3) is 5.91 Å². The van der Waals surface area contributed by atoms with Crippen molar-refractivity contribution in [3.05, 3.63) is 65.7 Å². The second-order valence-corrected chi connectivity index (χ2v) is 7.74. The van der Waals surface area contributed by atoms with Crippen LogP contribution in [0.25, 0.3) is 0 Å². The third-order valence-electron chi connectivity index (χ3n) is 4.79. The molecule has 0 fully saturated rings. The number of para-hydroxylation sites is 1. The van der Waals surface area contributed by atoms with E-state index in [1.165, 1.54) is 16.7 Å². The first-order valence-corrected chi connectivity index (χ1v) is 10.6. The van der Waals surface area contributed by atoms with Crippen LogP contribution in [0.15, 0.2) is 64.6 Å². The number of carbonyl (C=O) groups is 2. The van der Waals surface area contributed by atoms with Crippen LogP contribution in [0.5, 0.6) is 0 Å². The van der Waals surface area contributed by atoms with E-state index in [-0.39, 0.29) is 24.0 Å². The Balaban J connectivity index is 1.45. The second-order valence-electron chi connectivity index (χ2n) is 6.80. The number of nitriles is 1. The predicted molar refractivity (Wildman–Crippen MR) is 116 cm³/mol. The van der Waals surface area contributed by atoms with Crippen molar-refractivity contribution in [1.29, 1.82) is 5.26 Å². The first kappa shape index (κ1) is 19.9. The summed E-state index contributed by atoms with van der Waals surface area (Å²) in [6.45, 7) is 0.452. The molecular formula is C22H19N5O2S. The standard InChI is InChI=1S/C22H19N5O2S/c23-12-13-30-22-26-17-9-5-4-8-16(17)20-25-18(21(29)27(20)22)10-11-19(28)24-14-15-6-2-1-3-7-15/h1-9,18H,10-11,13-14H2,(H,24,28). The molecule has 8 heteroatoms. The number of benzene rings is 2. The van der Waals surface area contributed by atoms with Gasteiger partial charge >= 0.3 is 0 Å². The maximum absolute atomic E-state index is 13.0. The molecule has 2 heterocycles. The second kappa shape index (κ2) is 8.93. The van der Waals surface area contributed by atoms with Crippen molar-refractivity contribution >= 4 is 40.3 Å². The van der Waals surface area contributed by atoms with Crippen molar-refractivity contribution in [2.75, 3.05) is 5.75 Å². The highest BCUT2D eigenvalue weighted by atomic mass is 32.2. The van der Waals surface area contributed by atoms with Crippen molar-refractivity contribution in [1.82, 2.24) is 10.2 Å². The summed E-state index contributed by atoms with van der Waals surface area (Å²) in [5.41, 5.74) is 2.53. The van der Waals surface area contributed by atoms with Gasteiger partial charge in [-0.25, -0.2) is 9.89 Å². The van der Waals surface area contributed by atoms with Crippen molar-refractivity contribution in [2.45, 2.75) is 25.4 Å². The maximum atomic E-state index is 13.0. The van der Waals surface area contributed by atoms with Crippen LogP contribution in [0, 0.1) is 11.3 Å². The summed E-state index contributed by atoms with van der Waals surface area (Å²) >= 11 is 1.21. The van der Waals surface area contributed by atoms with Gasteiger partial charge in [0, 0.05) is 18.5 Å². The van der Waals surface area contributed by atoms with Gasteiger partial charge in [0.2, 0.25) is 5.91 Å². The van der Waals surface area contributed by atoms with Crippen molar-refractivity contribution in [3.63, 3.8) is 0 Å². The third kappa shape index (κ3) is 4.11. The van der Waals surface area contributed by atoms with E-state index in [9.17, 15) is 9.59 Å². The van der Waals surface area contributed by atoms with E-state index in [0.717, 1.165) is 16.8 Å². The summed E-state index contributed by atoms with van der Waals surface area (Å²) in [7, 11) is 0. The van der Waals surface area contributed by atoms with Gasteiger partial charge in [0.15, 0.2) is 5.17 Å². The van der Waals surface area contributed by atoms with Crippen LogP contribution in [0.4, 0.5) is 5.69 Å². The van der Waals surface area contributed by atoms with Gasteiger partial charge < -0.3 is 5.32 Å². The van der Waals surface area contributed by atoms with Crippen LogP contribution in [-0.4, -0.2) is 39.5 Å². The predicted octanol–water partition coefficient (Wildman–Crippen LogP) is 3.00. The molecule has 0 saturated carbocycles. The van der Waals surface area contributed by atoms with Crippen molar-refractivity contribution in [2.24, 2.45) is 9.98 Å². The lowest BCUT2D eigenvalue weighted by molar-refractivity contribution is -0.125. The number of carbonyl (C=O) groups excluding carboxylic acids is 2. The minimum absolute atomic E-state index is 0.120. The fraction of sp³-hybridized carbons (Fsp3) is 0.227. The minimum Gasteiger partial charge on any atom is -0.352 e. The van der Waals surface area contributed by atoms with E-state index in [4.69, 9.17) is 5.26 Å². The first-order valence-electron chi connectivity index (χ1n) is 9.57. The minimum atomic E-state index is -0.637. The molecule has 0 bridgehead atoms. The SMILES string of the molecule is N#CCSC1=Nc2ccccc2C2=NC(CCC(=O)NCc3ccccc3)C(=O)N12. The number of thioether (sulfide) groups is 1. The average molecular weight is 417 g/mol. The summed E-state index contributed by atoms with van der Waals surface area (Å²) in [5.74, 6) is 0.398. The summed E-state index contributed by atoms with van der Waals surface area (Å²) in [6, 6.07) is 18.6. The zero-order chi connectivity index (χ0) is 20.9. The van der Waals surface area contributed by atoms with E-state index in [2.05, 4.69) is 21.4 Å². The summed E-state index contributed by atoms with van der Waals surface area (Å²) < 4.78 is 0. The van der Waals surface area contributed by atoms with E-state index in [1.807, 2.05) is 54.6 Å². The monoisotopic (exact) mass is 417 g/mol. The van der Waals surface area contributed by atoms with Crippen molar-refractivity contribution in [3.8, 4) is 6.07 Å². The summed E-state index contributed by atoms with van der Waals surface area (Å²) in [4.78, 5) is 35.9. The number of nitrogens with one attached hydrogen (secondary N) is 1. The van der Waals surface area contributed by atoms with E-state index in [1.54, 1.807) is 0 Å². The van der Waals surface area contributed by atoms with Gasteiger partial charge in [-0.2, -0.15) is 5.26 Å². The number of hydrogen-bond donors (Lipinski definition) is 1. The fourth-order valence-electron chi connectivity index (χ4n) is 3.34. The Morgan fingerprint density at radius 2 is 1.93 bits per heavy atom. The van der Waals surface area contributed by atoms with Crippen LogP contribution in [0.1, 0.15) is 24.0 Å². The smallest absolute Gasteiger partial charge is 0.259 e. The molecule has 2 aromatic rings. The Bertz CT molecular complexity index is 1070. The number of rotatable bonds is 6. The van der Waals surface area contributed by atoms with Gasteiger partial charge in [-0.1, -0.05) is 54.2 Å². The van der Waals surface area contributed by atoms with Crippen LogP contribution in [-0.2, 0) is 16.1 Å². The Hall–Kier alpha value is -3.44. The molecule has 0 aliphatic carbocycles. The van der Waals surface area contributed by atoms with Gasteiger partial charge in [0.05, 0.1) is 17.5 Å². The van der Waals surface area contributed by atoms with Crippen LogP contribution in [0.2, 0.25) is 0 Å². The zero-order valence-corrected chi connectivity index (χ0v) is 16.9. The quantitative estimate of drug-likeness (QED) is 0.781. The molecule has 150 valence electrons. The summed E-state index contributed by atoms with van der Waals surface area (Å²) in [6.07, 6.45) is 0.519. The molecule has 2 aliphatic rings. The van der Waals surface area contributed by atoms with Gasteiger partial charge in [-0.05, 0) is 24.1 Å². The molecule has 1 N–H and O–H groups in total. The number of fused-ring (bicyclic) bond motifs is 3. The molecule has 0 spiro atoms. The highest BCUT2D eigenvalue weighted by molar-refractivity contribution is 8.14. The van der Waals surface area contributed by atoms with Crippen LogP contribution < -0.4 is 5.32 Å². The van der Waals surface area contributed by atoms with Crippen molar-refractivity contribution < 1.29 is 9.59 Å². The molecule has 0 radical (unpaired) electrons. The number of aliphatic imine (C=N–C) groups is 2. The zero-order valence-electron chi connectivity index (χ0n) is 16.1. The molecule has 1 atom stereocenters. The Morgan fingerprint density at radius 1 is 1.17 bits per heavy atom. The fourth-order valence-corrected chi connectivity index (χ4v) is 4.00. The number of amidine groups is 2. The lowest BCUT2D eigenvalue weighted by Crippen LogP contribution is -2.41. The Labute approximate surface area is 178 Å². The maximum Gasteiger partial charge on any atom is 0.259 e. The average Bonchev–Trinajstić information content (AvgIpc) is 3.12. The molecule has 7 nitrogen and oxygen atoms in total. The Morgan fingerprint density at radius 3 is 2.73 bits per heavy atom. The largest absolute Gasteiger partial charge is 0.352 e. The number of amides is 2. The molecule has 0 aromatic heterocycles. The van der Waals surface area contributed by atoms with Gasteiger partial charge in [-0.3, -0.25) is 14.6 Å². The third-order valence-corrected chi connectivity index (χ3v) is 5.60. The van der Waals surface area contributed by atoms with Gasteiger partial charge in [-0.15, -0.1) is 0 Å². The van der Waals surface area contributed by atoms with Crippen LogP contribution >= 0.6 is 11.8 Å². The number of hydrogen-bond acceptors (Lipinski definition) is 6. The highest BCUT2D eigenvalue weighted by Crippen LogP contribution is 2.34. The number of nitrogens with zero attached hydrogens (tertiary/aromatic N) is 4. The van der Waals surface area contributed by atoms with E-state index in [0.29, 0.717) is 24.0 Å². The molecule has 4 rings (SSSR count).